The largest absolute Gasteiger partial charge is 1.00 e. The molecule has 1 rings (SSSR count). The van der Waals surface area contributed by atoms with Crippen molar-refractivity contribution >= 4 is 24.4 Å². The Balaban J connectivity index is 0.00000196. The fourth-order valence-corrected chi connectivity index (χ4v) is 3.83. The van der Waals surface area contributed by atoms with Gasteiger partial charge in [0, 0.05) is 10.5 Å². The molecule has 1 fully saturated rings. The molecule has 0 amide bonds. The van der Waals surface area contributed by atoms with Crippen LogP contribution in [0.5, 0.6) is 0 Å². The summed E-state index contributed by atoms with van der Waals surface area (Å²) in [5.74, 6) is 0. The minimum absolute atomic E-state index is 0. The normalized spacial score (nSPS) is 28.2. The first-order chi connectivity index (χ1) is 6.72. The fraction of sp³-hybridized carbons (Fsp3) is 1.00. The molecule has 1 atom stereocenters. The van der Waals surface area contributed by atoms with Crippen LogP contribution in [0.15, 0.2) is 0 Å². The standard InChI is InChI=1S/C12H24S2.Rb/c1-3-4-5-10(2)14-12-8-6-11(13)7-9-12;/h10-13H,3-9H2,1-2H3;/q;+1/p-1. The summed E-state index contributed by atoms with van der Waals surface area (Å²) in [7, 11) is 0. The zero-order valence-electron chi connectivity index (χ0n) is 10.5. The molecule has 1 aliphatic carbocycles. The minimum atomic E-state index is 0. The SMILES string of the molecule is CCCCC(C)SC1CCC([S-])CC1.[Rb+]. The Morgan fingerprint density at radius 3 is 2.40 bits per heavy atom. The Morgan fingerprint density at radius 2 is 1.87 bits per heavy atom. The smallest absolute Gasteiger partial charge is 0.789 e. The summed E-state index contributed by atoms with van der Waals surface area (Å²) < 4.78 is 0. The third-order valence-electron chi connectivity index (χ3n) is 3.01. The molecule has 0 bridgehead atoms. The topological polar surface area (TPSA) is 0 Å². The summed E-state index contributed by atoms with van der Waals surface area (Å²) in [4.78, 5) is 0. The Labute approximate surface area is 154 Å². The second-order valence-corrected chi connectivity index (χ2v) is 6.90. The van der Waals surface area contributed by atoms with E-state index in [1.165, 1.54) is 44.9 Å². The zero-order valence-corrected chi connectivity index (χ0v) is 17.0. The summed E-state index contributed by atoms with van der Waals surface area (Å²) >= 11 is 7.53. The Kier molecular flexibility index (Phi) is 12.2. The van der Waals surface area contributed by atoms with Gasteiger partial charge in [0.25, 0.3) is 0 Å². The van der Waals surface area contributed by atoms with Crippen molar-refractivity contribution in [1.82, 2.24) is 0 Å². The molecular formula is C12H23RbS2. The van der Waals surface area contributed by atoms with Gasteiger partial charge in [0.05, 0.1) is 0 Å². The molecule has 0 spiro atoms. The van der Waals surface area contributed by atoms with Crippen molar-refractivity contribution in [2.24, 2.45) is 0 Å². The molecule has 0 heterocycles. The number of rotatable bonds is 5. The van der Waals surface area contributed by atoms with Crippen LogP contribution in [0.1, 0.15) is 58.8 Å². The molecule has 84 valence electrons. The van der Waals surface area contributed by atoms with Crippen molar-refractivity contribution in [2.45, 2.75) is 74.5 Å². The number of thioether (sulfide) groups is 1. The van der Waals surface area contributed by atoms with Gasteiger partial charge in [0.1, 0.15) is 0 Å². The van der Waals surface area contributed by atoms with Crippen molar-refractivity contribution in [3.8, 4) is 0 Å². The van der Waals surface area contributed by atoms with Crippen molar-refractivity contribution in [3.05, 3.63) is 0 Å². The van der Waals surface area contributed by atoms with E-state index in [0.717, 1.165) is 10.5 Å². The van der Waals surface area contributed by atoms with Gasteiger partial charge < -0.3 is 12.6 Å². The van der Waals surface area contributed by atoms with E-state index >= 15 is 0 Å². The fourth-order valence-electron chi connectivity index (χ4n) is 2.06. The van der Waals surface area contributed by atoms with Gasteiger partial charge in [-0.15, -0.1) is 0 Å². The Hall–Kier alpha value is 2.51. The predicted molar refractivity (Wildman–Crippen MR) is 70.0 cm³/mol. The second kappa shape index (κ2) is 10.4. The monoisotopic (exact) mass is 316 g/mol. The van der Waals surface area contributed by atoms with Crippen molar-refractivity contribution in [2.75, 3.05) is 0 Å². The molecule has 15 heavy (non-hydrogen) atoms. The van der Waals surface area contributed by atoms with E-state index in [2.05, 4.69) is 25.6 Å². The second-order valence-electron chi connectivity index (χ2n) is 4.49. The molecule has 1 unspecified atom stereocenters. The minimum Gasteiger partial charge on any atom is -0.789 e. The van der Waals surface area contributed by atoms with E-state index in [-0.39, 0.29) is 58.2 Å². The van der Waals surface area contributed by atoms with Gasteiger partial charge in [-0.3, -0.25) is 0 Å². The number of hydrogen-bond acceptors (Lipinski definition) is 2. The Bertz CT molecular complexity index is 145. The maximum absolute atomic E-state index is 5.32. The van der Waals surface area contributed by atoms with E-state index in [0.29, 0.717) is 5.25 Å². The third-order valence-corrected chi connectivity index (χ3v) is 5.04. The van der Waals surface area contributed by atoms with Crippen LogP contribution in [0.3, 0.4) is 0 Å². The molecule has 1 saturated carbocycles. The van der Waals surface area contributed by atoms with Crippen LogP contribution < -0.4 is 58.2 Å². The number of unbranched alkanes of at least 4 members (excludes halogenated alkanes) is 1. The van der Waals surface area contributed by atoms with Gasteiger partial charge in [-0.25, -0.2) is 0 Å². The third kappa shape index (κ3) is 8.26. The van der Waals surface area contributed by atoms with Gasteiger partial charge in [-0.1, -0.05) is 39.5 Å². The quantitative estimate of drug-likeness (QED) is 0.698. The van der Waals surface area contributed by atoms with Crippen LogP contribution in [0, 0.1) is 0 Å². The van der Waals surface area contributed by atoms with Crippen LogP contribution in [0.25, 0.3) is 0 Å². The molecule has 0 saturated heterocycles. The molecule has 1 aliphatic rings. The molecular weight excluding hydrogens is 294 g/mol. The van der Waals surface area contributed by atoms with E-state index in [1.807, 2.05) is 0 Å². The molecule has 0 aromatic carbocycles. The van der Waals surface area contributed by atoms with Gasteiger partial charge in [-0.05, 0) is 19.3 Å². The van der Waals surface area contributed by atoms with Gasteiger partial charge in [-0.2, -0.15) is 17.0 Å². The molecule has 0 aromatic heterocycles. The molecule has 0 radical (unpaired) electrons. The molecule has 0 nitrogen and oxygen atoms in total. The molecule has 3 heteroatoms. The first kappa shape index (κ1) is 17.5. The van der Waals surface area contributed by atoms with Crippen LogP contribution in [0.4, 0.5) is 0 Å². The van der Waals surface area contributed by atoms with Crippen LogP contribution in [0.2, 0.25) is 0 Å². The van der Waals surface area contributed by atoms with Crippen molar-refractivity contribution < 1.29 is 58.2 Å². The van der Waals surface area contributed by atoms with E-state index < -0.39 is 0 Å². The van der Waals surface area contributed by atoms with Gasteiger partial charge >= 0.3 is 58.2 Å². The average Bonchev–Trinajstić information content (AvgIpc) is 2.18. The summed E-state index contributed by atoms with van der Waals surface area (Å²) in [5.41, 5.74) is 0. The summed E-state index contributed by atoms with van der Waals surface area (Å²) in [6.07, 6.45) is 9.44. The van der Waals surface area contributed by atoms with Gasteiger partial charge in [0.2, 0.25) is 0 Å². The van der Waals surface area contributed by atoms with Crippen LogP contribution in [-0.2, 0) is 12.6 Å². The molecule has 0 aliphatic heterocycles. The maximum atomic E-state index is 5.32. The maximum Gasteiger partial charge on any atom is 1.00 e. The summed E-state index contributed by atoms with van der Waals surface area (Å²) in [6.45, 7) is 4.67. The Morgan fingerprint density at radius 1 is 1.27 bits per heavy atom. The number of hydrogen-bond donors (Lipinski definition) is 0. The van der Waals surface area contributed by atoms with Crippen molar-refractivity contribution in [3.63, 3.8) is 0 Å². The first-order valence-corrected chi connectivity index (χ1v) is 7.45. The van der Waals surface area contributed by atoms with Crippen LogP contribution in [-0.4, -0.2) is 15.7 Å². The first-order valence-electron chi connectivity index (χ1n) is 6.03. The predicted octanol–water partition coefficient (Wildman–Crippen LogP) is 1.16. The van der Waals surface area contributed by atoms with E-state index in [9.17, 15) is 0 Å². The summed E-state index contributed by atoms with van der Waals surface area (Å²) in [6, 6.07) is 0. The molecule has 0 aromatic rings. The van der Waals surface area contributed by atoms with E-state index in [4.69, 9.17) is 12.6 Å². The van der Waals surface area contributed by atoms with Crippen LogP contribution >= 0.6 is 11.8 Å². The zero-order chi connectivity index (χ0) is 10.4. The molecule has 0 N–H and O–H groups in total. The van der Waals surface area contributed by atoms with Crippen molar-refractivity contribution in [1.29, 1.82) is 0 Å². The summed E-state index contributed by atoms with van der Waals surface area (Å²) in [5, 5.41) is 2.36. The average molecular weight is 317 g/mol. The van der Waals surface area contributed by atoms with Gasteiger partial charge in [0.15, 0.2) is 0 Å². The van der Waals surface area contributed by atoms with E-state index in [1.54, 1.807) is 0 Å².